The Bertz CT molecular complexity index is 532. The molecule has 0 aliphatic carbocycles. The highest BCUT2D eigenvalue weighted by Crippen LogP contribution is 2.29. The van der Waals surface area contributed by atoms with Gasteiger partial charge in [-0.05, 0) is 38.5 Å². The summed E-state index contributed by atoms with van der Waals surface area (Å²) in [6.45, 7) is 6.54. The summed E-state index contributed by atoms with van der Waals surface area (Å²) in [5, 5.41) is 5.67. The molecule has 3 heteroatoms. The molecule has 1 aromatic heterocycles. The highest BCUT2D eigenvalue weighted by atomic mass is 15.0. The molecule has 0 atom stereocenters. The molecule has 0 spiro atoms. The number of benzene rings is 1. The average Bonchev–Trinajstić information content (AvgIpc) is 2.33. The van der Waals surface area contributed by atoms with Crippen molar-refractivity contribution in [2.75, 3.05) is 11.1 Å². The molecule has 0 radical (unpaired) electrons. The molecule has 17 heavy (non-hydrogen) atoms. The van der Waals surface area contributed by atoms with Crippen LogP contribution in [0, 0.1) is 0 Å². The van der Waals surface area contributed by atoms with Crippen molar-refractivity contribution in [3.63, 3.8) is 0 Å². The van der Waals surface area contributed by atoms with E-state index in [4.69, 9.17) is 5.73 Å². The molecule has 1 heterocycles. The van der Waals surface area contributed by atoms with Crippen LogP contribution in [0.15, 0.2) is 30.6 Å². The third kappa shape index (κ3) is 2.33. The highest BCUT2D eigenvalue weighted by molar-refractivity contribution is 6.00. The molecule has 0 aliphatic heterocycles. The summed E-state index contributed by atoms with van der Waals surface area (Å²) in [5.74, 6) is 0. The lowest BCUT2D eigenvalue weighted by Crippen LogP contribution is -2.29. The lowest BCUT2D eigenvalue weighted by molar-refractivity contribution is 0.548. The Morgan fingerprint density at radius 3 is 2.71 bits per heavy atom. The van der Waals surface area contributed by atoms with Crippen molar-refractivity contribution < 1.29 is 0 Å². The summed E-state index contributed by atoms with van der Waals surface area (Å²) >= 11 is 0. The van der Waals surface area contributed by atoms with E-state index in [1.54, 1.807) is 6.20 Å². The van der Waals surface area contributed by atoms with Gasteiger partial charge in [0.25, 0.3) is 0 Å². The number of nitrogens with one attached hydrogen (secondary N) is 1. The summed E-state index contributed by atoms with van der Waals surface area (Å²) in [5.41, 5.74) is 7.92. The van der Waals surface area contributed by atoms with Crippen molar-refractivity contribution in [3.05, 3.63) is 30.6 Å². The van der Waals surface area contributed by atoms with Gasteiger partial charge in [-0.25, -0.2) is 0 Å². The lowest BCUT2D eigenvalue weighted by atomic mass is 10.0. The summed E-state index contributed by atoms with van der Waals surface area (Å²) in [4.78, 5) is 4.17. The topological polar surface area (TPSA) is 50.9 Å². The molecule has 1 aromatic carbocycles. The van der Waals surface area contributed by atoms with Crippen molar-refractivity contribution in [2.45, 2.75) is 32.7 Å². The van der Waals surface area contributed by atoms with Gasteiger partial charge >= 0.3 is 0 Å². The van der Waals surface area contributed by atoms with Crippen molar-refractivity contribution >= 4 is 22.1 Å². The fraction of sp³-hybridized carbons (Fsp3) is 0.357. The average molecular weight is 229 g/mol. The third-order valence-electron chi connectivity index (χ3n) is 3.21. The molecule has 0 bridgehead atoms. The van der Waals surface area contributed by atoms with Crippen LogP contribution in [0.5, 0.6) is 0 Å². The minimum atomic E-state index is 0.0683. The fourth-order valence-electron chi connectivity index (χ4n) is 1.78. The number of aromatic nitrogens is 1. The van der Waals surface area contributed by atoms with Gasteiger partial charge in [-0.1, -0.05) is 6.92 Å². The number of nitrogens with zero attached hydrogens (tertiary/aromatic N) is 1. The Balaban J connectivity index is 2.52. The summed E-state index contributed by atoms with van der Waals surface area (Å²) in [6, 6.07) is 5.92. The first kappa shape index (κ1) is 11.7. The van der Waals surface area contributed by atoms with Crippen LogP contribution in [0.2, 0.25) is 0 Å². The van der Waals surface area contributed by atoms with Gasteiger partial charge in [0.15, 0.2) is 0 Å². The zero-order valence-electron chi connectivity index (χ0n) is 10.6. The number of anilines is 2. The number of hydrogen-bond acceptors (Lipinski definition) is 3. The van der Waals surface area contributed by atoms with E-state index < -0.39 is 0 Å². The van der Waals surface area contributed by atoms with Crippen LogP contribution in [-0.2, 0) is 0 Å². The molecule has 0 fully saturated rings. The Morgan fingerprint density at radius 2 is 2.00 bits per heavy atom. The molecule has 0 aliphatic rings. The van der Waals surface area contributed by atoms with Gasteiger partial charge in [-0.3, -0.25) is 4.98 Å². The first-order chi connectivity index (χ1) is 8.03. The van der Waals surface area contributed by atoms with E-state index in [0.29, 0.717) is 0 Å². The summed E-state index contributed by atoms with van der Waals surface area (Å²) in [6.07, 6.45) is 4.69. The van der Waals surface area contributed by atoms with Gasteiger partial charge < -0.3 is 11.1 Å². The number of rotatable bonds is 3. The molecular formula is C14H19N3. The molecule has 90 valence electrons. The van der Waals surface area contributed by atoms with Crippen LogP contribution in [-0.4, -0.2) is 10.5 Å². The van der Waals surface area contributed by atoms with Crippen LogP contribution < -0.4 is 11.1 Å². The molecule has 0 saturated heterocycles. The highest BCUT2D eigenvalue weighted by Gasteiger charge is 2.15. The van der Waals surface area contributed by atoms with Gasteiger partial charge in [-0.15, -0.1) is 0 Å². The standard InChI is InChI=1S/C14H19N3/c1-4-14(2,3)17-13-6-5-12(15)10-7-8-16-9-11(10)13/h5-9,17H,4,15H2,1-3H3. The maximum Gasteiger partial charge on any atom is 0.0441 e. The minimum absolute atomic E-state index is 0.0683. The van der Waals surface area contributed by atoms with Gasteiger partial charge in [0.05, 0.1) is 0 Å². The second kappa shape index (κ2) is 4.24. The molecule has 3 nitrogen and oxygen atoms in total. The van der Waals surface area contributed by atoms with E-state index in [1.165, 1.54) is 0 Å². The maximum atomic E-state index is 5.97. The van der Waals surface area contributed by atoms with Crippen LogP contribution in [0.3, 0.4) is 0 Å². The second-order valence-electron chi connectivity index (χ2n) is 4.99. The fourth-order valence-corrected chi connectivity index (χ4v) is 1.78. The van der Waals surface area contributed by atoms with Crippen LogP contribution in [0.4, 0.5) is 11.4 Å². The SMILES string of the molecule is CCC(C)(C)Nc1ccc(N)c2ccncc12. The smallest absolute Gasteiger partial charge is 0.0441 e. The van der Waals surface area contributed by atoms with Gasteiger partial charge in [0.1, 0.15) is 0 Å². The Morgan fingerprint density at radius 1 is 1.24 bits per heavy atom. The molecule has 0 amide bonds. The molecule has 3 N–H and O–H groups in total. The zero-order chi connectivity index (χ0) is 12.5. The monoisotopic (exact) mass is 229 g/mol. The van der Waals surface area contributed by atoms with Crippen LogP contribution in [0.25, 0.3) is 10.8 Å². The van der Waals surface area contributed by atoms with Gasteiger partial charge in [0.2, 0.25) is 0 Å². The first-order valence-corrected chi connectivity index (χ1v) is 5.94. The summed E-state index contributed by atoms with van der Waals surface area (Å²) < 4.78 is 0. The van der Waals surface area contributed by atoms with Crippen molar-refractivity contribution in [1.29, 1.82) is 0 Å². The van der Waals surface area contributed by atoms with E-state index in [0.717, 1.165) is 28.6 Å². The normalized spacial score (nSPS) is 11.7. The third-order valence-corrected chi connectivity index (χ3v) is 3.21. The number of hydrogen-bond donors (Lipinski definition) is 2. The summed E-state index contributed by atoms with van der Waals surface area (Å²) in [7, 11) is 0. The van der Waals surface area contributed by atoms with Gasteiger partial charge in [-0.2, -0.15) is 0 Å². The quantitative estimate of drug-likeness (QED) is 0.793. The number of nitrogens with two attached hydrogens (primary N) is 1. The van der Waals surface area contributed by atoms with E-state index in [-0.39, 0.29) is 5.54 Å². The van der Waals surface area contributed by atoms with Crippen LogP contribution in [0.1, 0.15) is 27.2 Å². The van der Waals surface area contributed by atoms with Crippen molar-refractivity contribution in [2.24, 2.45) is 0 Å². The molecule has 2 aromatic rings. The Hall–Kier alpha value is -1.77. The zero-order valence-corrected chi connectivity index (χ0v) is 10.6. The van der Waals surface area contributed by atoms with Crippen LogP contribution >= 0.6 is 0 Å². The number of pyridine rings is 1. The van der Waals surface area contributed by atoms with Gasteiger partial charge in [0, 0.05) is 40.1 Å². The lowest BCUT2D eigenvalue weighted by Gasteiger charge is -2.27. The molecule has 0 saturated carbocycles. The van der Waals surface area contributed by atoms with Crippen molar-refractivity contribution in [3.8, 4) is 0 Å². The predicted molar refractivity (Wildman–Crippen MR) is 74.1 cm³/mol. The van der Waals surface area contributed by atoms with E-state index in [9.17, 15) is 0 Å². The van der Waals surface area contributed by atoms with Crippen molar-refractivity contribution in [1.82, 2.24) is 4.98 Å². The second-order valence-corrected chi connectivity index (χ2v) is 4.99. The Kier molecular flexibility index (Phi) is 2.92. The molecule has 0 unspecified atom stereocenters. The maximum absolute atomic E-state index is 5.97. The predicted octanol–water partition coefficient (Wildman–Crippen LogP) is 3.42. The number of nitrogen functional groups attached to an aromatic ring is 1. The minimum Gasteiger partial charge on any atom is -0.398 e. The molecule has 2 rings (SSSR count). The van der Waals surface area contributed by atoms with E-state index in [1.807, 2.05) is 24.4 Å². The number of fused-ring (bicyclic) bond motifs is 1. The first-order valence-electron chi connectivity index (χ1n) is 5.94. The molecular weight excluding hydrogens is 210 g/mol. The van der Waals surface area contributed by atoms with E-state index >= 15 is 0 Å². The largest absolute Gasteiger partial charge is 0.398 e. The van der Waals surface area contributed by atoms with E-state index in [2.05, 4.69) is 31.1 Å². The Labute approximate surface area is 102 Å².